The Bertz CT molecular complexity index is 1020. The summed E-state index contributed by atoms with van der Waals surface area (Å²) in [6, 6.07) is 14.3. The predicted octanol–water partition coefficient (Wildman–Crippen LogP) is 4.99. The number of thiocarbonyl (C=S) groups is 1. The quantitative estimate of drug-likeness (QED) is 0.562. The van der Waals surface area contributed by atoms with E-state index in [2.05, 4.69) is 23.1 Å². The Hall–Kier alpha value is -2.09. The van der Waals surface area contributed by atoms with E-state index in [9.17, 15) is 9.59 Å². The van der Waals surface area contributed by atoms with Crippen LogP contribution in [0, 0.1) is 5.92 Å². The van der Waals surface area contributed by atoms with Crippen LogP contribution in [0.1, 0.15) is 12.0 Å². The number of hydrogen-bond acceptors (Lipinski definition) is 6. The van der Waals surface area contributed by atoms with Crippen molar-refractivity contribution < 1.29 is 14.7 Å². The minimum absolute atomic E-state index is 0.194. The maximum atomic E-state index is 12.5. The number of carbonyl (C=O) groups is 2. The molecular weight excluding hydrogens is 398 g/mol. The summed E-state index contributed by atoms with van der Waals surface area (Å²) < 4.78 is 0.439. The van der Waals surface area contributed by atoms with Gasteiger partial charge in [0.1, 0.15) is 0 Å². The molecule has 2 heterocycles. The van der Waals surface area contributed by atoms with Crippen molar-refractivity contribution >= 4 is 69.1 Å². The molecule has 0 spiro atoms. The molecule has 1 atom stereocenters. The van der Waals surface area contributed by atoms with Crippen LogP contribution in [0.15, 0.2) is 57.2 Å². The molecule has 0 bridgehead atoms. The summed E-state index contributed by atoms with van der Waals surface area (Å²) in [5.74, 6) is -1.91. The summed E-state index contributed by atoms with van der Waals surface area (Å²) in [6.45, 7) is 0. The minimum atomic E-state index is -1.01. The van der Waals surface area contributed by atoms with E-state index in [0.29, 0.717) is 9.10 Å². The second-order valence-electron chi connectivity index (χ2n) is 6.30. The van der Waals surface area contributed by atoms with Crippen molar-refractivity contribution in [1.29, 1.82) is 0 Å². The molecule has 7 heteroatoms. The van der Waals surface area contributed by atoms with Crippen LogP contribution in [-0.2, 0) is 9.59 Å². The number of para-hydroxylation sites is 1. The van der Waals surface area contributed by atoms with E-state index in [-0.39, 0.29) is 12.2 Å². The SMILES string of the molecule is CN1c2ccccc2Sc2cc(/C=C3/SC(=S)C(CC(=O)O)C3=O)ccc21. The van der Waals surface area contributed by atoms with Crippen LogP contribution < -0.4 is 4.90 Å². The van der Waals surface area contributed by atoms with Crippen LogP contribution >= 0.6 is 35.7 Å². The number of aliphatic carboxylic acids is 1. The second-order valence-corrected chi connectivity index (χ2v) is 9.17. The molecule has 0 aliphatic carbocycles. The molecule has 1 saturated heterocycles. The number of benzene rings is 2. The molecule has 136 valence electrons. The lowest BCUT2D eigenvalue weighted by atomic mass is 10.0. The van der Waals surface area contributed by atoms with E-state index in [0.717, 1.165) is 16.1 Å². The molecule has 2 aromatic rings. The number of ketones is 1. The Kier molecular flexibility index (Phi) is 4.84. The molecule has 0 saturated carbocycles. The van der Waals surface area contributed by atoms with E-state index in [4.69, 9.17) is 17.3 Å². The van der Waals surface area contributed by atoms with Gasteiger partial charge >= 0.3 is 5.97 Å². The number of fused-ring (bicyclic) bond motifs is 2. The standard InChI is InChI=1S/C20H15NO3S3/c1-21-13-4-2-3-5-15(13)26-16-8-11(6-7-14(16)21)9-17-19(24)12(10-18(22)23)20(25)27-17/h2-9,12H,10H2,1H3,(H,22,23)/b17-9+. The normalized spacial score (nSPS) is 20.0. The summed E-state index contributed by atoms with van der Waals surface area (Å²) in [7, 11) is 2.04. The molecule has 0 aromatic heterocycles. The smallest absolute Gasteiger partial charge is 0.304 e. The van der Waals surface area contributed by atoms with Crippen LogP contribution in [0.4, 0.5) is 11.4 Å². The van der Waals surface area contributed by atoms with E-state index in [1.807, 2.05) is 37.4 Å². The Morgan fingerprint density at radius 1 is 1.19 bits per heavy atom. The van der Waals surface area contributed by atoms with Crippen LogP contribution in [0.25, 0.3) is 6.08 Å². The number of anilines is 2. The fourth-order valence-electron chi connectivity index (χ4n) is 3.16. The average Bonchev–Trinajstić information content (AvgIpc) is 2.89. The van der Waals surface area contributed by atoms with Gasteiger partial charge < -0.3 is 10.0 Å². The summed E-state index contributed by atoms with van der Waals surface area (Å²) in [4.78, 5) is 28.4. The molecule has 0 amide bonds. The highest BCUT2D eigenvalue weighted by Gasteiger charge is 2.36. The number of Topliss-reactive ketones (excluding diaryl/α,β-unsaturated/α-hetero) is 1. The van der Waals surface area contributed by atoms with Crippen molar-refractivity contribution in [2.24, 2.45) is 5.92 Å². The van der Waals surface area contributed by atoms with Gasteiger partial charge in [-0.2, -0.15) is 0 Å². The molecule has 4 rings (SSSR count). The zero-order valence-corrected chi connectivity index (χ0v) is 16.8. The van der Waals surface area contributed by atoms with E-state index in [1.54, 1.807) is 11.8 Å². The predicted molar refractivity (Wildman–Crippen MR) is 114 cm³/mol. The number of carboxylic acid groups (broad SMARTS) is 1. The largest absolute Gasteiger partial charge is 0.481 e. The molecule has 1 fully saturated rings. The molecule has 2 aliphatic heterocycles. The van der Waals surface area contributed by atoms with Crippen LogP contribution in [0.2, 0.25) is 0 Å². The summed E-state index contributed by atoms with van der Waals surface area (Å²) in [5.41, 5.74) is 3.19. The highest BCUT2D eigenvalue weighted by Crippen LogP contribution is 2.48. The van der Waals surface area contributed by atoms with Gasteiger partial charge in [0.05, 0.1) is 32.8 Å². The van der Waals surface area contributed by atoms with E-state index < -0.39 is 11.9 Å². The topological polar surface area (TPSA) is 57.6 Å². The minimum Gasteiger partial charge on any atom is -0.481 e. The maximum Gasteiger partial charge on any atom is 0.304 e. The third-order valence-electron chi connectivity index (χ3n) is 4.52. The van der Waals surface area contributed by atoms with Gasteiger partial charge in [0.2, 0.25) is 0 Å². The first kappa shape index (κ1) is 18.3. The zero-order chi connectivity index (χ0) is 19.1. The van der Waals surface area contributed by atoms with E-state index in [1.165, 1.54) is 22.3 Å². The summed E-state index contributed by atoms with van der Waals surface area (Å²) in [6.07, 6.45) is 1.56. The van der Waals surface area contributed by atoms with Crippen molar-refractivity contribution in [3.05, 3.63) is 52.9 Å². The monoisotopic (exact) mass is 413 g/mol. The molecular formula is C20H15NO3S3. The van der Waals surface area contributed by atoms with Gasteiger partial charge in [-0.3, -0.25) is 9.59 Å². The van der Waals surface area contributed by atoms with Crippen LogP contribution in [0.3, 0.4) is 0 Å². The first-order chi connectivity index (χ1) is 12.9. The maximum absolute atomic E-state index is 12.5. The number of thioether (sulfide) groups is 1. The van der Waals surface area contributed by atoms with Crippen molar-refractivity contribution in [2.75, 3.05) is 11.9 Å². The van der Waals surface area contributed by atoms with Gasteiger partial charge in [-0.05, 0) is 35.9 Å². The number of carboxylic acids is 1. The van der Waals surface area contributed by atoms with Crippen molar-refractivity contribution in [2.45, 2.75) is 16.2 Å². The first-order valence-electron chi connectivity index (χ1n) is 8.28. The number of hydrogen-bond donors (Lipinski definition) is 1. The van der Waals surface area contributed by atoms with Gasteiger partial charge in [0, 0.05) is 16.8 Å². The zero-order valence-electron chi connectivity index (χ0n) is 14.3. The molecule has 1 unspecified atom stereocenters. The first-order valence-corrected chi connectivity index (χ1v) is 10.3. The molecule has 1 N–H and O–H groups in total. The lowest BCUT2D eigenvalue weighted by molar-refractivity contribution is -0.139. The number of carbonyl (C=O) groups excluding carboxylic acids is 1. The van der Waals surface area contributed by atoms with Gasteiger partial charge in [-0.15, -0.1) is 0 Å². The van der Waals surface area contributed by atoms with Crippen molar-refractivity contribution in [3.8, 4) is 0 Å². The third-order valence-corrected chi connectivity index (χ3v) is 7.19. The Balaban J connectivity index is 1.64. The van der Waals surface area contributed by atoms with Crippen LogP contribution in [0.5, 0.6) is 0 Å². The van der Waals surface area contributed by atoms with Gasteiger partial charge in [0.25, 0.3) is 0 Å². The lowest BCUT2D eigenvalue weighted by Gasteiger charge is -2.29. The number of nitrogens with zero attached hydrogens (tertiary/aromatic N) is 1. The van der Waals surface area contributed by atoms with Crippen molar-refractivity contribution in [1.82, 2.24) is 0 Å². The lowest BCUT2D eigenvalue weighted by Crippen LogP contribution is -2.17. The van der Waals surface area contributed by atoms with Gasteiger partial charge in [-0.25, -0.2) is 0 Å². The summed E-state index contributed by atoms with van der Waals surface area (Å²) in [5, 5.41) is 8.97. The fraction of sp³-hybridized carbons (Fsp3) is 0.150. The Labute approximate surface area is 170 Å². The fourth-order valence-corrected chi connectivity index (χ4v) is 5.80. The molecule has 2 aromatic carbocycles. The molecule has 0 radical (unpaired) electrons. The van der Waals surface area contributed by atoms with Crippen molar-refractivity contribution in [3.63, 3.8) is 0 Å². The van der Waals surface area contributed by atoms with Gasteiger partial charge in [-0.1, -0.05) is 53.9 Å². The number of allylic oxidation sites excluding steroid dienone is 1. The average molecular weight is 414 g/mol. The number of rotatable bonds is 3. The van der Waals surface area contributed by atoms with E-state index >= 15 is 0 Å². The summed E-state index contributed by atoms with van der Waals surface area (Å²) >= 11 is 8.12. The van der Waals surface area contributed by atoms with Crippen LogP contribution in [-0.4, -0.2) is 28.1 Å². The Morgan fingerprint density at radius 3 is 2.70 bits per heavy atom. The third kappa shape index (κ3) is 3.42. The molecule has 2 aliphatic rings. The van der Waals surface area contributed by atoms with Gasteiger partial charge in [0.15, 0.2) is 5.78 Å². The Morgan fingerprint density at radius 2 is 1.93 bits per heavy atom. The second kappa shape index (κ2) is 7.14. The highest BCUT2D eigenvalue weighted by atomic mass is 32.2. The molecule has 27 heavy (non-hydrogen) atoms. The molecule has 4 nitrogen and oxygen atoms in total. The highest BCUT2D eigenvalue weighted by molar-refractivity contribution is 8.27.